The van der Waals surface area contributed by atoms with Crippen molar-refractivity contribution in [1.29, 1.82) is 0 Å². The van der Waals surface area contributed by atoms with Gasteiger partial charge in [0.15, 0.2) is 0 Å². The van der Waals surface area contributed by atoms with Gasteiger partial charge in [0.1, 0.15) is 0 Å². The van der Waals surface area contributed by atoms with E-state index < -0.39 is 12.0 Å². The number of hydrogen-bond donors (Lipinski definition) is 2. The zero-order valence-electron chi connectivity index (χ0n) is 13.2. The highest BCUT2D eigenvalue weighted by Gasteiger charge is 2.35. The van der Waals surface area contributed by atoms with Crippen molar-refractivity contribution >= 4 is 17.7 Å². The lowest BCUT2D eigenvalue weighted by Crippen LogP contribution is -2.46. The van der Waals surface area contributed by atoms with Crippen LogP contribution in [0.5, 0.6) is 0 Å². The zero-order valence-corrected chi connectivity index (χ0v) is 13.2. The third kappa shape index (κ3) is 3.05. The maximum Gasteiger partial charge on any atom is 0.338 e. The largest absolute Gasteiger partial charge is 0.459 e. The predicted octanol–water partition coefficient (Wildman–Crippen LogP) is 2.19. The molecule has 1 atom stereocenters. The van der Waals surface area contributed by atoms with Crippen LogP contribution in [0.3, 0.4) is 0 Å². The number of esters is 1. The SMILES string of the molecule is CC1=C(C(=O)OC(C)C)[C@@H](c2cccc(N)c2)NC(=O)N1C. The first-order valence-electron chi connectivity index (χ1n) is 7.12. The molecule has 2 rings (SSSR count). The summed E-state index contributed by atoms with van der Waals surface area (Å²) in [6, 6.07) is 6.26. The van der Waals surface area contributed by atoms with Crippen molar-refractivity contribution in [2.24, 2.45) is 0 Å². The molecular formula is C16H21N3O3. The Morgan fingerprint density at radius 3 is 2.68 bits per heavy atom. The first-order valence-corrected chi connectivity index (χ1v) is 7.12. The van der Waals surface area contributed by atoms with Gasteiger partial charge in [-0.25, -0.2) is 9.59 Å². The third-order valence-electron chi connectivity index (χ3n) is 3.56. The van der Waals surface area contributed by atoms with E-state index in [-0.39, 0.29) is 12.1 Å². The Morgan fingerprint density at radius 2 is 2.09 bits per heavy atom. The Balaban J connectivity index is 2.50. The molecule has 0 saturated carbocycles. The fourth-order valence-electron chi connectivity index (χ4n) is 2.37. The molecule has 0 spiro atoms. The van der Waals surface area contributed by atoms with Gasteiger partial charge in [-0.3, -0.25) is 0 Å². The molecule has 0 fully saturated rings. The number of nitrogen functional groups attached to an aromatic ring is 1. The molecule has 6 heteroatoms. The van der Waals surface area contributed by atoms with Gasteiger partial charge in [-0.2, -0.15) is 0 Å². The number of carbonyl (C=O) groups is 2. The van der Waals surface area contributed by atoms with Crippen molar-refractivity contribution in [2.75, 3.05) is 12.8 Å². The van der Waals surface area contributed by atoms with E-state index in [1.807, 2.05) is 6.07 Å². The second-order valence-electron chi connectivity index (χ2n) is 5.56. The standard InChI is InChI=1S/C16H21N3O3/c1-9(2)22-15(20)13-10(3)19(4)16(21)18-14(13)11-6-5-7-12(17)8-11/h5-9,14H,17H2,1-4H3,(H,18,21)/t14-/m1/s1. The van der Waals surface area contributed by atoms with Gasteiger partial charge < -0.3 is 20.7 Å². The molecule has 1 aromatic carbocycles. The summed E-state index contributed by atoms with van der Waals surface area (Å²) in [6.07, 6.45) is -0.239. The van der Waals surface area contributed by atoms with E-state index >= 15 is 0 Å². The molecule has 6 nitrogen and oxygen atoms in total. The van der Waals surface area contributed by atoms with Crippen molar-refractivity contribution in [3.05, 3.63) is 41.1 Å². The van der Waals surface area contributed by atoms with Crippen LogP contribution in [0, 0.1) is 0 Å². The number of rotatable bonds is 3. The van der Waals surface area contributed by atoms with E-state index in [0.717, 1.165) is 5.56 Å². The molecule has 0 saturated heterocycles. The lowest BCUT2D eigenvalue weighted by atomic mass is 9.94. The van der Waals surface area contributed by atoms with Gasteiger partial charge in [-0.15, -0.1) is 0 Å². The number of benzene rings is 1. The molecule has 1 aliphatic heterocycles. The maximum absolute atomic E-state index is 12.5. The number of amides is 2. The van der Waals surface area contributed by atoms with Crippen LogP contribution in [-0.2, 0) is 9.53 Å². The highest BCUT2D eigenvalue weighted by atomic mass is 16.5. The van der Waals surface area contributed by atoms with E-state index in [0.29, 0.717) is 17.0 Å². The normalized spacial score (nSPS) is 18.5. The van der Waals surface area contributed by atoms with E-state index in [2.05, 4.69) is 5.32 Å². The summed E-state index contributed by atoms with van der Waals surface area (Å²) in [5, 5.41) is 2.82. The number of anilines is 1. The summed E-state index contributed by atoms with van der Waals surface area (Å²) < 4.78 is 5.32. The summed E-state index contributed by atoms with van der Waals surface area (Å²) in [5.41, 5.74) is 8.11. The van der Waals surface area contributed by atoms with Crippen LogP contribution in [0.15, 0.2) is 35.5 Å². The Morgan fingerprint density at radius 1 is 1.41 bits per heavy atom. The van der Waals surface area contributed by atoms with Crippen LogP contribution >= 0.6 is 0 Å². The van der Waals surface area contributed by atoms with E-state index in [9.17, 15) is 9.59 Å². The van der Waals surface area contributed by atoms with Crippen LogP contribution < -0.4 is 11.1 Å². The summed E-state index contributed by atoms with van der Waals surface area (Å²) in [6.45, 7) is 5.30. The van der Waals surface area contributed by atoms with Gasteiger partial charge >= 0.3 is 12.0 Å². The lowest BCUT2D eigenvalue weighted by molar-refractivity contribution is -0.143. The fraction of sp³-hybridized carbons (Fsp3) is 0.375. The molecule has 118 valence electrons. The Labute approximate surface area is 129 Å². The van der Waals surface area contributed by atoms with E-state index in [4.69, 9.17) is 10.5 Å². The number of nitrogens with two attached hydrogens (primary N) is 1. The van der Waals surface area contributed by atoms with Crippen molar-refractivity contribution in [3.63, 3.8) is 0 Å². The number of urea groups is 1. The molecule has 1 aromatic rings. The fourth-order valence-corrected chi connectivity index (χ4v) is 2.37. The van der Waals surface area contributed by atoms with Gasteiger partial charge in [0, 0.05) is 18.4 Å². The monoisotopic (exact) mass is 303 g/mol. The van der Waals surface area contributed by atoms with Crippen LogP contribution in [0.4, 0.5) is 10.5 Å². The van der Waals surface area contributed by atoms with Gasteiger partial charge in [0.05, 0.1) is 17.7 Å². The van der Waals surface area contributed by atoms with Crippen LogP contribution in [0.1, 0.15) is 32.4 Å². The highest BCUT2D eigenvalue weighted by molar-refractivity contribution is 5.95. The second kappa shape index (κ2) is 6.09. The number of ether oxygens (including phenoxy) is 1. The maximum atomic E-state index is 12.5. The van der Waals surface area contributed by atoms with Crippen LogP contribution in [-0.4, -0.2) is 30.1 Å². The highest BCUT2D eigenvalue weighted by Crippen LogP contribution is 2.31. The number of nitrogens with zero attached hydrogens (tertiary/aromatic N) is 1. The minimum absolute atomic E-state index is 0.239. The van der Waals surface area contributed by atoms with E-state index in [1.54, 1.807) is 46.0 Å². The molecule has 0 unspecified atom stereocenters. The summed E-state index contributed by atoms with van der Waals surface area (Å²) in [5.74, 6) is -0.438. The molecular weight excluding hydrogens is 282 g/mol. The molecule has 0 aromatic heterocycles. The summed E-state index contributed by atoms with van der Waals surface area (Å²) >= 11 is 0. The van der Waals surface area contributed by atoms with Crippen LogP contribution in [0.2, 0.25) is 0 Å². The molecule has 1 aliphatic rings. The molecule has 0 bridgehead atoms. The van der Waals surface area contributed by atoms with Gasteiger partial charge in [0.2, 0.25) is 0 Å². The van der Waals surface area contributed by atoms with Gasteiger partial charge in [0.25, 0.3) is 0 Å². The number of nitrogens with one attached hydrogen (secondary N) is 1. The Bertz CT molecular complexity index is 637. The first kappa shape index (κ1) is 15.9. The Hall–Kier alpha value is -2.50. The van der Waals surface area contributed by atoms with Crippen molar-refractivity contribution in [1.82, 2.24) is 10.2 Å². The average molecular weight is 303 g/mol. The average Bonchev–Trinajstić information content (AvgIpc) is 2.43. The molecule has 22 heavy (non-hydrogen) atoms. The smallest absolute Gasteiger partial charge is 0.338 e. The quantitative estimate of drug-likeness (QED) is 0.662. The number of hydrogen-bond acceptors (Lipinski definition) is 4. The second-order valence-corrected chi connectivity index (χ2v) is 5.56. The Kier molecular flexibility index (Phi) is 4.40. The lowest BCUT2D eigenvalue weighted by Gasteiger charge is -2.33. The minimum atomic E-state index is -0.571. The van der Waals surface area contributed by atoms with Gasteiger partial charge in [-0.1, -0.05) is 12.1 Å². The van der Waals surface area contributed by atoms with Crippen molar-refractivity contribution in [3.8, 4) is 0 Å². The molecule has 1 heterocycles. The number of allylic oxidation sites excluding steroid dienone is 1. The summed E-state index contributed by atoms with van der Waals surface area (Å²) in [4.78, 5) is 25.9. The third-order valence-corrected chi connectivity index (χ3v) is 3.56. The summed E-state index contributed by atoms with van der Waals surface area (Å²) in [7, 11) is 1.61. The van der Waals surface area contributed by atoms with Crippen molar-refractivity contribution < 1.29 is 14.3 Å². The van der Waals surface area contributed by atoms with E-state index in [1.165, 1.54) is 4.90 Å². The van der Waals surface area contributed by atoms with Crippen molar-refractivity contribution in [2.45, 2.75) is 32.9 Å². The topological polar surface area (TPSA) is 84.7 Å². The molecule has 0 radical (unpaired) electrons. The predicted molar refractivity (Wildman–Crippen MR) is 83.8 cm³/mol. The minimum Gasteiger partial charge on any atom is -0.459 e. The van der Waals surface area contributed by atoms with Gasteiger partial charge in [-0.05, 0) is 38.5 Å². The number of carbonyl (C=O) groups excluding carboxylic acids is 2. The zero-order chi connectivity index (χ0) is 16.4. The molecule has 2 amide bonds. The molecule has 3 N–H and O–H groups in total. The first-order chi connectivity index (χ1) is 10.3. The molecule has 0 aliphatic carbocycles. The van der Waals surface area contributed by atoms with Crippen LogP contribution in [0.25, 0.3) is 0 Å².